The molecular formula is C15H17N3O3. The largest absolute Gasteiger partial charge is 0.383 e. The minimum Gasteiger partial charge on any atom is -0.383 e. The molecule has 0 bridgehead atoms. The third-order valence-electron chi connectivity index (χ3n) is 3.84. The van der Waals surface area contributed by atoms with E-state index in [0.29, 0.717) is 16.8 Å². The van der Waals surface area contributed by atoms with Crippen LogP contribution in [0.1, 0.15) is 12.8 Å². The Kier molecular flexibility index (Phi) is 3.96. The molecule has 1 fully saturated rings. The Balaban J connectivity index is 1.79. The van der Waals surface area contributed by atoms with Crippen LogP contribution in [0.2, 0.25) is 0 Å². The van der Waals surface area contributed by atoms with Gasteiger partial charge in [-0.1, -0.05) is 0 Å². The van der Waals surface area contributed by atoms with Gasteiger partial charge in [0.15, 0.2) is 0 Å². The molecule has 1 aromatic carbocycles. The van der Waals surface area contributed by atoms with E-state index >= 15 is 0 Å². The first kappa shape index (κ1) is 13.8. The van der Waals surface area contributed by atoms with Crippen LogP contribution < -0.4 is 5.32 Å². The lowest BCUT2D eigenvalue weighted by atomic mass is 10.1. The van der Waals surface area contributed by atoms with Crippen LogP contribution in [0.3, 0.4) is 0 Å². The van der Waals surface area contributed by atoms with Gasteiger partial charge in [0, 0.05) is 32.0 Å². The number of nitrogens with one attached hydrogen (secondary N) is 1. The summed E-state index contributed by atoms with van der Waals surface area (Å²) >= 11 is 0. The molecule has 1 atom stereocenters. The van der Waals surface area contributed by atoms with E-state index < -0.39 is 0 Å². The molecule has 3 rings (SSSR count). The number of nitro benzene ring substituents is 1. The molecule has 0 radical (unpaired) electrons. The molecule has 1 N–H and O–H groups in total. The Hall–Kier alpha value is -2.21. The molecule has 1 unspecified atom stereocenters. The topological polar surface area (TPSA) is 77.3 Å². The quantitative estimate of drug-likeness (QED) is 0.675. The van der Waals surface area contributed by atoms with Crippen molar-refractivity contribution in [3.05, 3.63) is 40.6 Å². The maximum Gasteiger partial charge on any atom is 0.278 e. The van der Waals surface area contributed by atoms with Gasteiger partial charge in [-0.25, -0.2) is 0 Å². The Morgan fingerprint density at radius 1 is 1.43 bits per heavy atom. The predicted octanol–water partition coefficient (Wildman–Crippen LogP) is 2.98. The summed E-state index contributed by atoms with van der Waals surface area (Å²) < 4.78 is 5.36. The predicted molar refractivity (Wildman–Crippen MR) is 80.4 cm³/mol. The summed E-state index contributed by atoms with van der Waals surface area (Å²) in [5.74, 6) is 0.606. The number of nitrogens with zero attached hydrogens (tertiary/aromatic N) is 2. The molecule has 1 aliphatic heterocycles. The lowest BCUT2D eigenvalue weighted by Gasteiger charge is -2.11. The van der Waals surface area contributed by atoms with Crippen molar-refractivity contribution in [2.24, 2.45) is 5.92 Å². The van der Waals surface area contributed by atoms with Gasteiger partial charge in [0.2, 0.25) is 0 Å². The van der Waals surface area contributed by atoms with Crippen molar-refractivity contribution < 1.29 is 9.66 Å². The number of ether oxygens (including phenoxy) is 1. The second-order valence-electron chi connectivity index (χ2n) is 5.23. The van der Waals surface area contributed by atoms with Crippen LogP contribution in [0.4, 0.5) is 11.4 Å². The highest BCUT2D eigenvalue weighted by Crippen LogP contribution is 2.29. The summed E-state index contributed by atoms with van der Waals surface area (Å²) in [6.07, 6.45) is 3.80. The summed E-state index contributed by atoms with van der Waals surface area (Å²) in [5, 5.41) is 15.0. The second kappa shape index (κ2) is 6.05. The van der Waals surface area contributed by atoms with Gasteiger partial charge in [-0.05, 0) is 37.0 Å². The number of hydrogen-bond donors (Lipinski definition) is 1. The first-order valence-corrected chi connectivity index (χ1v) is 7.09. The Labute approximate surface area is 122 Å². The molecule has 0 amide bonds. The number of hydrogen-bond acceptors (Lipinski definition) is 5. The van der Waals surface area contributed by atoms with Crippen molar-refractivity contribution in [3.63, 3.8) is 0 Å². The van der Waals surface area contributed by atoms with Crippen molar-refractivity contribution in [1.82, 2.24) is 4.98 Å². The average Bonchev–Trinajstić information content (AvgIpc) is 3.00. The number of anilines is 1. The van der Waals surface area contributed by atoms with Crippen LogP contribution in [0.25, 0.3) is 10.9 Å². The molecule has 6 heteroatoms. The van der Waals surface area contributed by atoms with Gasteiger partial charge in [-0.3, -0.25) is 15.1 Å². The standard InChI is InChI=1S/C15H17N3O3/c19-18(20)14-4-3-13(15-12(14)2-1-7-17-15)16-8-5-11-6-9-21-10-11/h1-4,7,11,16H,5-6,8-10H2. The fourth-order valence-corrected chi connectivity index (χ4v) is 2.68. The highest BCUT2D eigenvalue weighted by Gasteiger charge is 2.17. The van der Waals surface area contributed by atoms with E-state index in [4.69, 9.17) is 4.74 Å². The number of nitro groups is 1. The van der Waals surface area contributed by atoms with Crippen molar-refractivity contribution in [2.45, 2.75) is 12.8 Å². The van der Waals surface area contributed by atoms with Gasteiger partial charge in [-0.2, -0.15) is 0 Å². The molecule has 0 saturated carbocycles. The lowest BCUT2D eigenvalue weighted by molar-refractivity contribution is -0.383. The highest BCUT2D eigenvalue weighted by molar-refractivity contribution is 5.96. The van der Waals surface area contributed by atoms with Gasteiger partial charge in [0.1, 0.15) is 5.52 Å². The average molecular weight is 287 g/mol. The van der Waals surface area contributed by atoms with Gasteiger partial charge in [0.05, 0.1) is 16.0 Å². The maximum absolute atomic E-state index is 11.1. The Morgan fingerprint density at radius 3 is 3.10 bits per heavy atom. The zero-order valence-electron chi connectivity index (χ0n) is 11.6. The maximum atomic E-state index is 11.1. The summed E-state index contributed by atoms with van der Waals surface area (Å²) in [7, 11) is 0. The molecule has 0 spiro atoms. The minimum atomic E-state index is -0.371. The van der Waals surface area contributed by atoms with Crippen LogP contribution in [0.15, 0.2) is 30.5 Å². The molecule has 110 valence electrons. The van der Waals surface area contributed by atoms with Gasteiger partial charge < -0.3 is 10.1 Å². The SMILES string of the molecule is O=[N+]([O-])c1ccc(NCCC2CCOC2)c2ncccc12. The van der Waals surface area contributed by atoms with Gasteiger partial charge in [-0.15, -0.1) is 0 Å². The Morgan fingerprint density at radius 2 is 2.33 bits per heavy atom. The molecule has 6 nitrogen and oxygen atoms in total. The summed E-state index contributed by atoms with van der Waals surface area (Å²) in [4.78, 5) is 15.0. The van der Waals surface area contributed by atoms with E-state index in [2.05, 4.69) is 10.3 Å². The van der Waals surface area contributed by atoms with Crippen LogP contribution in [-0.4, -0.2) is 29.7 Å². The molecule has 1 saturated heterocycles. The summed E-state index contributed by atoms with van der Waals surface area (Å²) in [6.45, 7) is 2.51. The van der Waals surface area contributed by atoms with E-state index in [0.717, 1.165) is 38.3 Å². The first-order chi connectivity index (χ1) is 10.3. The van der Waals surface area contributed by atoms with E-state index in [-0.39, 0.29) is 10.6 Å². The monoisotopic (exact) mass is 287 g/mol. The number of rotatable bonds is 5. The van der Waals surface area contributed by atoms with Crippen LogP contribution in [0, 0.1) is 16.0 Å². The molecular weight excluding hydrogens is 270 g/mol. The van der Waals surface area contributed by atoms with E-state index in [9.17, 15) is 10.1 Å². The number of aromatic nitrogens is 1. The van der Waals surface area contributed by atoms with Crippen molar-refractivity contribution in [1.29, 1.82) is 0 Å². The first-order valence-electron chi connectivity index (χ1n) is 7.09. The van der Waals surface area contributed by atoms with Crippen LogP contribution >= 0.6 is 0 Å². The normalized spacial score (nSPS) is 18.0. The van der Waals surface area contributed by atoms with E-state index in [1.54, 1.807) is 24.4 Å². The molecule has 1 aliphatic rings. The van der Waals surface area contributed by atoms with Crippen molar-refractivity contribution in [2.75, 3.05) is 25.1 Å². The fraction of sp³-hybridized carbons (Fsp3) is 0.400. The summed E-state index contributed by atoms with van der Waals surface area (Å²) in [5.41, 5.74) is 1.58. The van der Waals surface area contributed by atoms with Crippen LogP contribution in [0.5, 0.6) is 0 Å². The van der Waals surface area contributed by atoms with Crippen molar-refractivity contribution >= 4 is 22.3 Å². The molecule has 1 aromatic heterocycles. The minimum absolute atomic E-state index is 0.0906. The van der Waals surface area contributed by atoms with Gasteiger partial charge in [0.25, 0.3) is 5.69 Å². The smallest absolute Gasteiger partial charge is 0.278 e. The third-order valence-corrected chi connectivity index (χ3v) is 3.84. The molecule has 0 aliphatic carbocycles. The molecule has 2 heterocycles. The van der Waals surface area contributed by atoms with Crippen LogP contribution in [-0.2, 0) is 4.74 Å². The second-order valence-corrected chi connectivity index (χ2v) is 5.23. The fourth-order valence-electron chi connectivity index (χ4n) is 2.68. The zero-order valence-corrected chi connectivity index (χ0v) is 11.6. The molecule has 2 aromatic rings. The number of fused-ring (bicyclic) bond motifs is 1. The van der Waals surface area contributed by atoms with E-state index in [1.807, 2.05) is 0 Å². The van der Waals surface area contributed by atoms with Gasteiger partial charge >= 0.3 is 0 Å². The van der Waals surface area contributed by atoms with E-state index in [1.165, 1.54) is 6.07 Å². The third kappa shape index (κ3) is 2.95. The van der Waals surface area contributed by atoms with Crippen molar-refractivity contribution in [3.8, 4) is 0 Å². The highest BCUT2D eigenvalue weighted by atomic mass is 16.6. The number of benzene rings is 1. The lowest BCUT2D eigenvalue weighted by Crippen LogP contribution is -2.09. The Bertz CT molecular complexity index is 654. The number of pyridine rings is 1. The number of non-ortho nitro benzene ring substituents is 1. The summed E-state index contributed by atoms with van der Waals surface area (Å²) in [6, 6.07) is 6.72. The molecule has 21 heavy (non-hydrogen) atoms. The zero-order chi connectivity index (χ0) is 14.7.